The monoisotopic (exact) mass is 491 g/mol. The zero-order valence-electron chi connectivity index (χ0n) is 19.4. The number of nitro groups is 1. The van der Waals surface area contributed by atoms with Crippen LogP contribution >= 0.6 is 0 Å². The van der Waals surface area contributed by atoms with Gasteiger partial charge < -0.3 is 14.4 Å². The molecule has 1 aliphatic rings. The molecule has 1 fully saturated rings. The number of carbonyl (C=O) groups is 1. The van der Waals surface area contributed by atoms with Gasteiger partial charge in [-0.2, -0.15) is 0 Å². The van der Waals surface area contributed by atoms with Gasteiger partial charge in [-0.25, -0.2) is 13.1 Å². The molecule has 1 N–H and O–H groups in total. The molecule has 34 heavy (non-hydrogen) atoms. The van der Waals surface area contributed by atoms with Gasteiger partial charge >= 0.3 is 0 Å². The summed E-state index contributed by atoms with van der Waals surface area (Å²) in [5.74, 6) is 0.525. The maximum atomic E-state index is 12.9. The lowest BCUT2D eigenvalue weighted by atomic mass is 9.88. The molecule has 0 saturated carbocycles. The first kappa shape index (κ1) is 25.6. The van der Waals surface area contributed by atoms with Gasteiger partial charge in [-0.05, 0) is 56.2 Å². The van der Waals surface area contributed by atoms with Crippen molar-refractivity contribution in [3.05, 3.63) is 58.1 Å². The van der Waals surface area contributed by atoms with Crippen molar-refractivity contribution in [3.63, 3.8) is 0 Å². The number of piperidine rings is 1. The lowest BCUT2D eigenvalue weighted by Crippen LogP contribution is -2.37. The number of nitrogens with zero attached hydrogens (tertiary/aromatic N) is 2. The first-order valence-electron chi connectivity index (χ1n) is 10.9. The van der Waals surface area contributed by atoms with E-state index in [9.17, 15) is 23.3 Å². The Hall–Kier alpha value is -3.02. The number of sulfonamides is 1. The lowest BCUT2D eigenvalue weighted by Gasteiger charge is -2.32. The quantitative estimate of drug-likeness (QED) is 0.305. The average molecular weight is 492 g/mol. The second-order valence-electron chi connectivity index (χ2n) is 8.24. The molecule has 0 spiro atoms. The summed E-state index contributed by atoms with van der Waals surface area (Å²) in [6, 6.07) is 10.4. The zero-order chi connectivity index (χ0) is 24.9. The predicted octanol–water partition coefficient (Wildman–Crippen LogP) is 3.02. The molecule has 1 atom stereocenters. The summed E-state index contributed by atoms with van der Waals surface area (Å²) in [4.78, 5) is 25.7. The Morgan fingerprint density at radius 3 is 2.38 bits per heavy atom. The van der Waals surface area contributed by atoms with Gasteiger partial charge in [0.2, 0.25) is 10.0 Å². The van der Waals surface area contributed by atoms with Crippen molar-refractivity contribution >= 4 is 27.2 Å². The number of carbonyl (C=O) groups excluding carboxylic acids is 1. The summed E-state index contributed by atoms with van der Waals surface area (Å²) < 4.78 is 37.8. The zero-order valence-corrected chi connectivity index (χ0v) is 20.2. The van der Waals surface area contributed by atoms with Crippen molar-refractivity contribution in [3.8, 4) is 5.75 Å². The number of methoxy groups -OCH3 is 2. The normalized spacial score (nSPS) is 15.7. The summed E-state index contributed by atoms with van der Waals surface area (Å²) in [5.41, 5.74) is 0.654. The van der Waals surface area contributed by atoms with E-state index in [-0.39, 0.29) is 28.9 Å². The Morgan fingerprint density at radius 1 is 1.18 bits per heavy atom. The predicted molar refractivity (Wildman–Crippen MR) is 127 cm³/mol. The SMILES string of the molecule is COC[C@H](C)NS(=O)(=O)c1ccc(N2CCC(C(=O)c3ccc(OC)cc3)CC2)c([N+](=O)[O-])c1. The van der Waals surface area contributed by atoms with Crippen LogP contribution in [0.4, 0.5) is 11.4 Å². The molecule has 184 valence electrons. The molecule has 0 aliphatic carbocycles. The van der Waals surface area contributed by atoms with Gasteiger partial charge in [-0.1, -0.05) is 0 Å². The Bertz CT molecular complexity index is 1130. The number of anilines is 1. The minimum absolute atomic E-state index is 0.0366. The summed E-state index contributed by atoms with van der Waals surface area (Å²) in [7, 11) is -0.929. The van der Waals surface area contributed by atoms with Gasteiger partial charge in [0, 0.05) is 43.8 Å². The van der Waals surface area contributed by atoms with Crippen LogP contribution in [0.1, 0.15) is 30.1 Å². The van der Waals surface area contributed by atoms with E-state index in [1.165, 1.54) is 19.2 Å². The fourth-order valence-electron chi connectivity index (χ4n) is 4.07. The molecule has 10 nitrogen and oxygen atoms in total. The maximum Gasteiger partial charge on any atom is 0.293 e. The number of nitrogens with one attached hydrogen (secondary N) is 1. The third-order valence-corrected chi connectivity index (χ3v) is 7.40. The number of rotatable bonds is 10. The van der Waals surface area contributed by atoms with E-state index in [2.05, 4.69) is 4.72 Å². The second-order valence-corrected chi connectivity index (χ2v) is 9.95. The Kier molecular flexibility index (Phi) is 8.24. The van der Waals surface area contributed by atoms with Crippen LogP contribution in [0.25, 0.3) is 0 Å². The molecule has 0 amide bonds. The van der Waals surface area contributed by atoms with E-state index < -0.39 is 21.0 Å². The minimum Gasteiger partial charge on any atom is -0.497 e. The van der Waals surface area contributed by atoms with Gasteiger partial charge in [0.1, 0.15) is 11.4 Å². The lowest BCUT2D eigenvalue weighted by molar-refractivity contribution is -0.384. The Labute approximate surface area is 199 Å². The van der Waals surface area contributed by atoms with Crippen molar-refractivity contribution in [2.75, 3.05) is 38.8 Å². The number of Topliss-reactive ketones (excluding diaryl/α,β-unsaturated/α-hetero) is 1. The third kappa shape index (κ3) is 5.91. The molecular formula is C23H29N3O7S. The van der Waals surface area contributed by atoms with Crippen molar-refractivity contribution in [2.24, 2.45) is 5.92 Å². The highest BCUT2D eigenvalue weighted by Gasteiger charge is 2.30. The van der Waals surface area contributed by atoms with Gasteiger partial charge in [-0.15, -0.1) is 0 Å². The summed E-state index contributed by atoms with van der Waals surface area (Å²) in [6.07, 6.45) is 1.08. The number of hydrogen-bond acceptors (Lipinski definition) is 8. The van der Waals surface area contributed by atoms with Crippen LogP contribution in [0, 0.1) is 16.0 Å². The van der Waals surface area contributed by atoms with Crippen LogP contribution in [0.2, 0.25) is 0 Å². The van der Waals surface area contributed by atoms with Crippen LogP contribution in [0.15, 0.2) is 47.4 Å². The van der Waals surface area contributed by atoms with E-state index in [4.69, 9.17) is 9.47 Å². The van der Waals surface area contributed by atoms with Crippen LogP contribution in [-0.2, 0) is 14.8 Å². The summed E-state index contributed by atoms with van der Waals surface area (Å²) in [5, 5.41) is 11.8. The second kappa shape index (κ2) is 10.9. The molecule has 1 aliphatic heterocycles. The first-order valence-corrected chi connectivity index (χ1v) is 12.4. The number of benzene rings is 2. The molecule has 3 rings (SSSR count). The molecule has 2 aromatic carbocycles. The first-order chi connectivity index (χ1) is 16.2. The Morgan fingerprint density at radius 2 is 1.82 bits per heavy atom. The molecule has 0 radical (unpaired) electrons. The highest BCUT2D eigenvalue weighted by Crippen LogP contribution is 2.34. The van der Waals surface area contributed by atoms with E-state index in [0.29, 0.717) is 42.9 Å². The van der Waals surface area contributed by atoms with Crippen molar-refractivity contribution in [2.45, 2.75) is 30.7 Å². The topological polar surface area (TPSA) is 128 Å². The molecule has 11 heteroatoms. The highest BCUT2D eigenvalue weighted by molar-refractivity contribution is 7.89. The molecule has 0 aromatic heterocycles. The summed E-state index contributed by atoms with van der Waals surface area (Å²) >= 11 is 0. The number of ether oxygens (including phenoxy) is 2. The molecule has 1 saturated heterocycles. The average Bonchev–Trinajstić information content (AvgIpc) is 2.83. The van der Waals surface area contributed by atoms with Gasteiger partial charge in [0.15, 0.2) is 5.78 Å². The van der Waals surface area contributed by atoms with E-state index >= 15 is 0 Å². The van der Waals surface area contributed by atoms with E-state index in [1.807, 2.05) is 4.90 Å². The van der Waals surface area contributed by atoms with Crippen LogP contribution in [-0.4, -0.2) is 59.1 Å². The molecular weight excluding hydrogens is 462 g/mol. The smallest absolute Gasteiger partial charge is 0.293 e. The summed E-state index contributed by atoms with van der Waals surface area (Å²) in [6.45, 7) is 2.70. The fourth-order valence-corrected chi connectivity index (χ4v) is 5.32. The fraction of sp³-hybridized carbons (Fsp3) is 0.435. The van der Waals surface area contributed by atoms with Crippen LogP contribution < -0.4 is 14.4 Å². The molecule has 1 heterocycles. The standard InChI is InChI=1S/C23H29N3O7S/c1-16(15-32-2)24-34(30,31)20-8-9-21(22(14-20)26(28)29)25-12-10-18(11-13-25)23(27)17-4-6-19(33-3)7-5-17/h4-9,14,16,18,24H,10-13,15H2,1-3H3/t16-/m0/s1. The third-order valence-electron chi connectivity index (χ3n) is 5.81. The minimum atomic E-state index is -3.95. The van der Waals surface area contributed by atoms with Crippen LogP contribution in [0.3, 0.4) is 0 Å². The highest BCUT2D eigenvalue weighted by atomic mass is 32.2. The molecule has 0 bridgehead atoms. The van der Waals surface area contributed by atoms with Gasteiger partial charge in [-0.3, -0.25) is 14.9 Å². The molecule has 0 unspecified atom stereocenters. The van der Waals surface area contributed by atoms with Gasteiger partial charge in [0.25, 0.3) is 5.69 Å². The van der Waals surface area contributed by atoms with E-state index in [0.717, 1.165) is 6.07 Å². The van der Waals surface area contributed by atoms with Crippen molar-refractivity contribution < 1.29 is 27.6 Å². The largest absolute Gasteiger partial charge is 0.497 e. The van der Waals surface area contributed by atoms with Crippen molar-refractivity contribution in [1.29, 1.82) is 0 Å². The number of hydrogen-bond donors (Lipinski definition) is 1. The van der Waals surface area contributed by atoms with Gasteiger partial charge in [0.05, 0.1) is 23.5 Å². The maximum absolute atomic E-state index is 12.9. The number of ketones is 1. The molecule has 2 aromatic rings. The Balaban J connectivity index is 1.74. The van der Waals surface area contributed by atoms with Crippen molar-refractivity contribution in [1.82, 2.24) is 4.72 Å². The number of nitro benzene ring substituents is 1. The van der Waals surface area contributed by atoms with Crippen LogP contribution in [0.5, 0.6) is 5.75 Å². The van der Waals surface area contributed by atoms with E-state index in [1.54, 1.807) is 38.3 Å².